The molecule has 2 rings (SSSR count). The topological polar surface area (TPSA) is 65.6 Å². The summed E-state index contributed by atoms with van der Waals surface area (Å²) in [6.45, 7) is 2.56. The van der Waals surface area contributed by atoms with Crippen molar-refractivity contribution in [2.75, 3.05) is 6.61 Å². The summed E-state index contributed by atoms with van der Waals surface area (Å²) in [4.78, 5) is 0. The van der Waals surface area contributed by atoms with Crippen LogP contribution in [0.1, 0.15) is 17.1 Å². The van der Waals surface area contributed by atoms with Gasteiger partial charge in [-0.3, -0.25) is 0 Å². The van der Waals surface area contributed by atoms with Crippen molar-refractivity contribution in [1.29, 1.82) is 0 Å². The van der Waals surface area contributed by atoms with E-state index in [1.807, 2.05) is 31.2 Å². The minimum Gasteiger partial charge on any atom is -0.508 e. The Kier molecular flexibility index (Phi) is 4.60. The molecule has 4 heteroatoms. The van der Waals surface area contributed by atoms with Gasteiger partial charge in [0.1, 0.15) is 17.3 Å². The first-order valence-corrected chi connectivity index (χ1v) is 6.35. The number of phenolic OH excluding ortho intramolecular Hbond substituents is 1. The summed E-state index contributed by atoms with van der Waals surface area (Å²) in [6.07, 6.45) is 0.705. The molecule has 0 radical (unpaired) electrons. The van der Waals surface area contributed by atoms with E-state index in [1.54, 1.807) is 12.1 Å². The molecule has 0 aliphatic rings. The SMILES string of the molecule is Cc1ccc(CN[C@H](CO)Cc2ccc(O)cc2)o1. The molecule has 0 aliphatic carbocycles. The molecule has 0 unspecified atom stereocenters. The summed E-state index contributed by atoms with van der Waals surface area (Å²) >= 11 is 0. The molecule has 1 heterocycles. The lowest BCUT2D eigenvalue weighted by Crippen LogP contribution is -2.33. The third-order valence-electron chi connectivity index (χ3n) is 3.00. The molecule has 1 atom stereocenters. The zero-order valence-electron chi connectivity index (χ0n) is 11.0. The first-order chi connectivity index (χ1) is 9.17. The van der Waals surface area contributed by atoms with Crippen LogP contribution < -0.4 is 5.32 Å². The number of nitrogens with one attached hydrogen (secondary N) is 1. The Morgan fingerprint density at radius 1 is 1.16 bits per heavy atom. The Bertz CT molecular complexity index is 504. The highest BCUT2D eigenvalue weighted by atomic mass is 16.3. The van der Waals surface area contributed by atoms with Crippen molar-refractivity contribution in [2.45, 2.75) is 25.9 Å². The van der Waals surface area contributed by atoms with E-state index in [-0.39, 0.29) is 18.4 Å². The number of rotatable bonds is 6. The molecule has 1 aromatic heterocycles. The van der Waals surface area contributed by atoms with Gasteiger partial charge in [0.15, 0.2) is 0 Å². The highest BCUT2D eigenvalue weighted by Gasteiger charge is 2.09. The lowest BCUT2D eigenvalue weighted by atomic mass is 10.1. The summed E-state index contributed by atoms with van der Waals surface area (Å²) in [5.41, 5.74) is 1.07. The minimum absolute atomic E-state index is 0.0325. The second-order valence-corrected chi connectivity index (χ2v) is 4.64. The van der Waals surface area contributed by atoms with E-state index >= 15 is 0 Å². The summed E-state index contributed by atoms with van der Waals surface area (Å²) in [7, 11) is 0. The molecule has 2 aromatic rings. The maximum atomic E-state index is 9.38. The lowest BCUT2D eigenvalue weighted by molar-refractivity contribution is 0.238. The summed E-state index contributed by atoms with van der Waals surface area (Å²) in [6, 6.07) is 10.8. The molecule has 4 nitrogen and oxygen atoms in total. The molecular formula is C15H19NO3. The Morgan fingerprint density at radius 2 is 1.89 bits per heavy atom. The van der Waals surface area contributed by atoms with Crippen molar-refractivity contribution in [3.8, 4) is 5.75 Å². The van der Waals surface area contributed by atoms with Crippen LogP contribution in [0, 0.1) is 6.92 Å². The summed E-state index contributed by atoms with van der Waals surface area (Å²) in [5, 5.41) is 21.9. The van der Waals surface area contributed by atoms with Crippen LogP contribution in [0.15, 0.2) is 40.8 Å². The third-order valence-corrected chi connectivity index (χ3v) is 3.00. The smallest absolute Gasteiger partial charge is 0.117 e. The fourth-order valence-corrected chi connectivity index (χ4v) is 1.94. The van der Waals surface area contributed by atoms with Gasteiger partial charge in [-0.2, -0.15) is 0 Å². The quantitative estimate of drug-likeness (QED) is 0.744. The number of aliphatic hydroxyl groups is 1. The Labute approximate surface area is 112 Å². The van der Waals surface area contributed by atoms with E-state index in [1.165, 1.54) is 0 Å². The first-order valence-electron chi connectivity index (χ1n) is 6.35. The van der Waals surface area contributed by atoms with Crippen molar-refractivity contribution < 1.29 is 14.6 Å². The van der Waals surface area contributed by atoms with E-state index in [0.29, 0.717) is 13.0 Å². The molecule has 3 N–H and O–H groups in total. The average Bonchev–Trinajstić information content (AvgIpc) is 2.82. The molecule has 0 aliphatic heterocycles. The van der Waals surface area contributed by atoms with Crippen LogP contribution in [0.5, 0.6) is 5.75 Å². The van der Waals surface area contributed by atoms with Gasteiger partial charge in [0.05, 0.1) is 13.2 Å². The largest absolute Gasteiger partial charge is 0.508 e. The Hall–Kier alpha value is -1.78. The van der Waals surface area contributed by atoms with E-state index < -0.39 is 0 Å². The van der Waals surface area contributed by atoms with E-state index in [4.69, 9.17) is 4.42 Å². The monoisotopic (exact) mass is 261 g/mol. The Balaban J connectivity index is 1.87. The number of aryl methyl sites for hydroxylation is 1. The molecule has 0 saturated carbocycles. The van der Waals surface area contributed by atoms with Crippen LogP contribution in [0.2, 0.25) is 0 Å². The van der Waals surface area contributed by atoms with Crippen LogP contribution in [0.25, 0.3) is 0 Å². The number of furan rings is 1. The normalized spacial score (nSPS) is 12.5. The van der Waals surface area contributed by atoms with Crippen LogP contribution in [-0.2, 0) is 13.0 Å². The van der Waals surface area contributed by atoms with Crippen LogP contribution >= 0.6 is 0 Å². The van der Waals surface area contributed by atoms with Crippen LogP contribution in [0.4, 0.5) is 0 Å². The maximum absolute atomic E-state index is 9.38. The molecule has 1 aromatic carbocycles. The van der Waals surface area contributed by atoms with Gasteiger partial charge in [0.2, 0.25) is 0 Å². The molecule has 0 bridgehead atoms. The van der Waals surface area contributed by atoms with Gasteiger partial charge in [0.25, 0.3) is 0 Å². The molecular weight excluding hydrogens is 242 g/mol. The molecule has 0 amide bonds. The number of hydrogen-bond acceptors (Lipinski definition) is 4. The fraction of sp³-hybridized carbons (Fsp3) is 0.333. The maximum Gasteiger partial charge on any atom is 0.117 e. The van der Waals surface area contributed by atoms with Gasteiger partial charge in [-0.1, -0.05) is 12.1 Å². The van der Waals surface area contributed by atoms with Gasteiger partial charge in [-0.25, -0.2) is 0 Å². The summed E-state index contributed by atoms with van der Waals surface area (Å²) < 4.78 is 5.47. The second kappa shape index (κ2) is 6.41. The summed E-state index contributed by atoms with van der Waals surface area (Å²) in [5.74, 6) is 2.00. The average molecular weight is 261 g/mol. The van der Waals surface area contributed by atoms with Gasteiger partial charge in [-0.15, -0.1) is 0 Å². The predicted molar refractivity (Wildman–Crippen MR) is 73.0 cm³/mol. The number of aromatic hydroxyl groups is 1. The number of hydrogen-bond donors (Lipinski definition) is 3. The standard InChI is InChI=1S/C15H19NO3/c1-11-2-7-15(19-11)9-16-13(10-17)8-12-3-5-14(18)6-4-12/h2-7,13,16-18H,8-10H2,1H3/t13-/m0/s1. The lowest BCUT2D eigenvalue weighted by Gasteiger charge is -2.15. The first kappa shape index (κ1) is 13.6. The third kappa shape index (κ3) is 4.12. The van der Waals surface area contributed by atoms with E-state index in [2.05, 4.69) is 5.32 Å². The van der Waals surface area contributed by atoms with Crippen molar-refractivity contribution in [2.24, 2.45) is 0 Å². The van der Waals surface area contributed by atoms with Crippen molar-refractivity contribution >= 4 is 0 Å². The molecule has 0 fully saturated rings. The molecule has 102 valence electrons. The van der Waals surface area contributed by atoms with Crippen molar-refractivity contribution in [1.82, 2.24) is 5.32 Å². The second-order valence-electron chi connectivity index (χ2n) is 4.64. The van der Waals surface area contributed by atoms with Gasteiger partial charge in [-0.05, 0) is 43.2 Å². The van der Waals surface area contributed by atoms with Crippen molar-refractivity contribution in [3.05, 3.63) is 53.5 Å². The zero-order chi connectivity index (χ0) is 13.7. The van der Waals surface area contributed by atoms with Crippen LogP contribution in [-0.4, -0.2) is 22.9 Å². The number of phenols is 1. The molecule has 0 spiro atoms. The minimum atomic E-state index is -0.0325. The fourth-order valence-electron chi connectivity index (χ4n) is 1.94. The highest BCUT2D eigenvalue weighted by molar-refractivity contribution is 5.26. The number of aliphatic hydroxyl groups excluding tert-OH is 1. The van der Waals surface area contributed by atoms with Gasteiger partial charge >= 0.3 is 0 Å². The zero-order valence-corrected chi connectivity index (χ0v) is 11.0. The van der Waals surface area contributed by atoms with Gasteiger partial charge < -0.3 is 19.9 Å². The Morgan fingerprint density at radius 3 is 2.47 bits per heavy atom. The van der Waals surface area contributed by atoms with Gasteiger partial charge in [0, 0.05) is 6.04 Å². The van der Waals surface area contributed by atoms with E-state index in [0.717, 1.165) is 17.1 Å². The predicted octanol–water partition coefficient (Wildman–Crippen LogP) is 1.99. The van der Waals surface area contributed by atoms with Crippen molar-refractivity contribution in [3.63, 3.8) is 0 Å². The van der Waals surface area contributed by atoms with Crippen LogP contribution in [0.3, 0.4) is 0 Å². The molecule has 0 saturated heterocycles. The highest BCUT2D eigenvalue weighted by Crippen LogP contribution is 2.12. The number of benzene rings is 1. The van der Waals surface area contributed by atoms with E-state index in [9.17, 15) is 10.2 Å². The molecule has 19 heavy (non-hydrogen) atoms.